The Bertz CT molecular complexity index is 1030. The van der Waals surface area contributed by atoms with Gasteiger partial charge in [-0.1, -0.05) is 24.3 Å². The summed E-state index contributed by atoms with van der Waals surface area (Å²) in [6, 6.07) is 17.7. The first-order valence-electron chi connectivity index (χ1n) is 10.0. The third kappa shape index (κ3) is 4.07. The highest BCUT2D eigenvalue weighted by molar-refractivity contribution is 5.66. The van der Waals surface area contributed by atoms with Crippen molar-refractivity contribution in [1.29, 1.82) is 0 Å². The minimum absolute atomic E-state index is 0.266. The maximum atomic E-state index is 9.52. The quantitative estimate of drug-likeness (QED) is 0.647. The number of aromatic hydroxyl groups is 1. The zero-order chi connectivity index (χ0) is 21.1. The molecule has 1 heterocycles. The second-order valence-electron chi connectivity index (χ2n) is 7.51. The Morgan fingerprint density at radius 3 is 2.07 bits per heavy atom. The van der Waals surface area contributed by atoms with E-state index in [1.54, 1.807) is 33.5 Å². The van der Waals surface area contributed by atoms with Crippen LogP contribution in [-0.4, -0.2) is 37.9 Å². The molecule has 0 atom stereocenters. The fraction of sp³-hybridized carbons (Fsp3) is 0.280. The van der Waals surface area contributed by atoms with Crippen LogP contribution < -0.4 is 14.2 Å². The first-order valence-corrected chi connectivity index (χ1v) is 10.0. The van der Waals surface area contributed by atoms with Crippen molar-refractivity contribution in [2.75, 3.05) is 27.9 Å². The highest BCUT2D eigenvalue weighted by Crippen LogP contribution is 2.34. The normalized spacial score (nSPS) is 13.6. The average Bonchev–Trinajstić information content (AvgIpc) is 2.78. The Morgan fingerprint density at radius 2 is 1.40 bits per heavy atom. The zero-order valence-corrected chi connectivity index (χ0v) is 17.6. The molecule has 156 valence electrons. The molecule has 0 aromatic heterocycles. The van der Waals surface area contributed by atoms with Crippen molar-refractivity contribution in [3.8, 4) is 34.1 Å². The molecule has 5 nitrogen and oxygen atoms in total. The molecule has 5 heteroatoms. The lowest BCUT2D eigenvalue weighted by Gasteiger charge is -2.30. The van der Waals surface area contributed by atoms with Crippen LogP contribution in [0.15, 0.2) is 54.6 Å². The van der Waals surface area contributed by atoms with Crippen LogP contribution in [0, 0.1) is 0 Å². The molecule has 4 rings (SSSR count). The summed E-state index contributed by atoms with van der Waals surface area (Å²) >= 11 is 0. The van der Waals surface area contributed by atoms with Crippen molar-refractivity contribution in [2.24, 2.45) is 0 Å². The van der Waals surface area contributed by atoms with E-state index in [0.29, 0.717) is 0 Å². The van der Waals surface area contributed by atoms with Gasteiger partial charge < -0.3 is 19.3 Å². The van der Waals surface area contributed by atoms with E-state index >= 15 is 0 Å². The molecule has 0 aliphatic carbocycles. The summed E-state index contributed by atoms with van der Waals surface area (Å²) in [5, 5.41) is 9.52. The second kappa shape index (κ2) is 8.67. The minimum Gasteiger partial charge on any atom is -0.508 e. The first-order chi connectivity index (χ1) is 14.6. The van der Waals surface area contributed by atoms with E-state index in [9.17, 15) is 5.11 Å². The topological polar surface area (TPSA) is 51.2 Å². The van der Waals surface area contributed by atoms with E-state index in [4.69, 9.17) is 14.2 Å². The van der Waals surface area contributed by atoms with Crippen LogP contribution in [0.4, 0.5) is 0 Å². The molecule has 0 bridgehead atoms. The van der Waals surface area contributed by atoms with Gasteiger partial charge in [-0.15, -0.1) is 0 Å². The van der Waals surface area contributed by atoms with Gasteiger partial charge >= 0.3 is 0 Å². The zero-order valence-electron chi connectivity index (χ0n) is 17.6. The Kier molecular flexibility index (Phi) is 5.81. The van der Waals surface area contributed by atoms with Crippen molar-refractivity contribution in [1.82, 2.24) is 4.90 Å². The molecule has 0 amide bonds. The number of ether oxygens (including phenoxy) is 3. The molecule has 0 spiro atoms. The molecule has 1 aliphatic heterocycles. The molecule has 0 fully saturated rings. The van der Waals surface area contributed by atoms with E-state index in [-0.39, 0.29) is 5.75 Å². The molecule has 1 N–H and O–H groups in total. The van der Waals surface area contributed by atoms with E-state index in [1.807, 2.05) is 12.1 Å². The maximum absolute atomic E-state index is 9.52. The molecular formula is C25H27NO4. The standard InChI is InChI=1S/C25H27NO4/c1-28-23-12-18(17-6-8-22(27)9-7-17)4-5-20(23)15-26-11-10-19-13-24(29-2)25(30-3)14-21(19)16-26/h4-9,12-14,27H,10-11,15-16H2,1-3H3. The monoisotopic (exact) mass is 405 g/mol. The number of hydrogen-bond donors (Lipinski definition) is 1. The van der Waals surface area contributed by atoms with Crippen LogP contribution in [0.3, 0.4) is 0 Å². The van der Waals surface area contributed by atoms with Gasteiger partial charge in [0, 0.05) is 25.2 Å². The van der Waals surface area contributed by atoms with Crippen LogP contribution in [0.1, 0.15) is 16.7 Å². The Morgan fingerprint density at radius 1 is 0.767 bits per heavy atom. The van der Waals surface area contributed by atoms with E-state index < -0.39 is 0 Å². The van der Waals surface area contributed by atoms with Crippen molar-refractivity contribution >= 4 is 0 Å². The summed E-state index contributed by atoms with van der Waals surface area (Å²) in [7, 11) is 5.06. The molecular weight excluding hydrogens is 378 g/mol. The number of phenols is 1. The van der Waals surface area contributed by atoms with Gasteiger partial charge in [0.2, 0.25) is 0 Å². The fourth-order valence-corrected chi connectivity index (χ4v) is 4.03. The average molecular weight is 405 g/mol. The van der Waals surface area contributed by atoms with Crippen LogP contribution in [-0.2, 0) is 19.5 Å². The molecule has 0 unspecified atom stereocenters. The molecule has 0 radical (unpaired) electrons. The molecule has 3 aromatic carbocycles. The van der Waals surface area contributed by atoms with Crippen LogP contribution in [0.5, 0.6) is 23.0 Å². The van der Waals surface area contributed by atoms with Crippen molar-refractivity contribution in [3.05, 3.63) is 71.3 Å². The van der Waals surface area contributed by atoms with E-state index in [1.165, 1.54) is 11.1 Å². The van der Waals surface area contributed by atoms with Crippen molar-refractivity contribution < 1.29 is 19.3 Å². The summed E-state index contributed by atoms with van der Waals surface area (Å²) in [6.07, 6.45) is 0.976. The molecule has 1 aliphatic rings. The van der Waals surface area contributed by atoms with Gasteiger partial charge in [-0.25, -0.2) is 0 Å². The van der Waals surface area contributed by atoms with Gasteiger partial charge in [-0.05, 0) is 59.0 Å². The summed E-state index contributed by atoms with van der Waals surface area (Å²) in [6.45, 7) is 2.65. The third-order valence-electron chi connectivity index (χ3n) is 5.68. The third-order valence-corrected chi connectivity index (χ3v) is 5.68. The van der Waals surface area contributed by atoms with Gasteiger partial charge in [-0.3, -0.25) is 4.90 Å². The lowest BCUT2D eigenvalue weighted by atomic mass is 9.97. The number of fused-ring (bicyclic) bond motifs is 1. The Labute approximate surface area is 177 Å². The number of benzene rings is 3. The van der Waals surface area contributed by atoms with Crippen LogP contribution >= 0.6 is 0 Å². The Hall–Kier alpha value is -3.18. The summed E-state index contributed by atoms with van der Waals surface area (Å²) in [5.74, 6) is 2.70. The summed E-state index contributed by atoms with van der Waals surface area (Å²) in [4.78, 5) is 2.42. The predicted molar refractivity (Wildman–Crippen MR) is 117 cm³/mol. The summed E-state index contributed by atoms with van der Waals surface area (Å²) < 4.78 is 16.6. The van der Waals surface area contributed by atoms with Gasteiger partial charge in [0.05, 0.1) is 21.3 Å². The lowest BCUT2D eigenvalue weighted by molar-refractivity contribution is 0.240. The molecule has 0 saturated carbocycles. The van der Waals surface area contributed by atoms with Crippen LogP contribution in [0.2, 0.25) is 0 Å². The highest BCUT2D eigenvalue weighted by Gasteiger charge is 2.20. The molecule has 30 heavy (non-hydrogen) atoms. The summed E-state index contributed by atoms with van der Waals surface area (Å²) in [5.41, 5.74) is 5.86. The number of phenolic OH excluding ortho intramolecular Hbond substituents is 1. The van der Waals surface area contributed by atoms with E-state index in [0.717, 1.165) is 60.0 Å². The lowest BCUT2D eigenvalue weighted by Crippen LogP contribution is -2.30. The van der Waals surface area contributed by atoms with Gasteiger partial charge in [0.1, 0.15) is 11.5 Å². The van der Waals surface area contributed by atoms with Crippen LogP contribution in [0.25, 0.3) is 11.1 Å². The van der Waals surface area contributed by atoms with Gasteiger partial charge in [0.15, 0.2) is 11.5 Å². The predicted octanol–water partition coefficient (Wildman–Crippen LogP) is 4.64. The molecule has 3 aromatic rings. The second-order valence-corrected chi connectivity index (χ2v) is 7.51. The highest BCUT2D eigenvalue weighted by atomic mass is 16.5. The van der Waals surface area contributed by atoms with Gasteiger partial charge in [0.25, 0.3) is 0 Å². The molecule has 0 saturated heterocycles. The fourth-order valence-electron chi connectivity index (χ4n) is 4.03. The Balaban J connectivity index is 1.54. The smallest absolute Gasteiger partial charge is 0.161 e. The SMILES string of the molecule is COc1cc(-c2ccc(O)cc2)ccc1CN1CCc2cc(OC)c(OC)cc2C1. The number of hydrogen-bond acceptors (Lipinski definition) is 5. The maximum Gasteiger partial charge on any atom is 0.161 e. The van der Waals surface area contributed by atoms with Crippen molar-refractivity contribution in [2.45, 2.75) is 19.5 Å². The minimum atomic E-state index is 0.266. The van der Waals surface area contributed by atoms with E-state index in [2.05, 4.69) is 35.2 Å². The number of nitrogens with zero attached hydrogens (tertiary/aromatic N) is 1. The first kappa shape index (κ1) is 20.1. The number of methoxy groups -OCH3 is 3. The number of rotatable bonds is 6. The van der Waals surface area contributed by atoms with Gasteiger partial charge in [-0.2, -0.15) is 0 Å². The largest absolute Gasteiger partial charge is 0.508 e. The van der Waals surface area contributed by atoms with Crippen molar-refractivity contribution in [3.63, 3.8) is 0 Å².